The fraction of sp³-hybridized carbons (Fsp3) is 0.160. The van der Waals surface area contributed by atoms with Crippen LogP contribution in [0, 0.1) is 0 Å². The minimum Gasteiger partial charge on any atom is -0.494 e. The Morgan fingerprint density at radius 1 is 0.938 bits per heavy atom. The standard InChI is InChI=1S/C25H22Cl2N2O3/c1-31-22-11-10-16(14-23(22)32-2)12-13-28-15-18-17-6-3-4-9-21(17)29(25(18)30)24-19(26)7-5-8-20(24)27/h3-11,14-15,30H,12-13H2,1-2H3. The first kappa shape index (κ1) is 22.1. The molecule has 0 saturated heterocycles. The lowest BCUT2D eigenvalue weighted by molar-refractivity contribution is 0.354. The van der Waals surface area contributed by atoms with Crippen molar-refractivity contribution in [3.8, 4) is 23.1 Å². The van der Waals surface area contributed by atoms with Crippen LogP contribution in [0.2, 0.25) is 10.0 Å². The molecule has 0 radical (unpaired) electrons. The van der Waals surface area contributed by atoms with Crippen molar-refractivity contribution in [1.29, 1.82) is 0 Å². The van der Waals surface area contributed by atoms with Gasteiger partial charge in [-0.2, -0.15) is 0 Å². The number of para-hydroxylation sites is 2. The van der Waals surface area contributed by atoms with Gasteiger partial charge in [0.25, 0.3) is 0 Å². The van der Waals surface area contributed by atoms with Crippen molar-refractivity contribution in [2.24, 2.45) is 4.99 Å². The normalized spacial score (nSPS) is 11.4. The second-order valence-electron chi connectivity index (χ2n) is 7.13. The zero-order valence-electron chi connectivity index (χ0n) is 17.7. The van der Waals surface area contributed by atoms with Crippen LogP contribution in [0.5, 0.6) is 17.4 Å². The Labute approximate surface area is 196 Å². The summed E-state index contributed by atoms with van der Waals surface area (Å²) in [5.41, 5.74) is 3.02. The summed E-state index contributed by atoms with van der Waals surface area (Å²) in [7, 11) is 3.23. The van der Waals surface area contributed by atoms with E-state index in [1.54, 1.807) is 43.2 Å². The highest BCUT2D eigenvalue weighted by molar-refractivity contribution is 6.38. The predicted octanol–water partition coefficient (Wildman–Crippen LogP) is 6.32. The van der Waals surface area contributed by atoms with Crippen molar-refractivity contribution in [2.45, 2.75) is 6.42 Å². The van der Waals surface area contributed by atoms with Crippen molar-refractivity contribution in [3.05, 3.63) is 81.8 Å². The Morgan fingerprint density at radius 3 is 2.38 bits per heavy atom. The maximum absolute atomic E-state index is 11.1. The molecule has 4 aromatic rings. The minimum absolute atomic E-state index is 0.0380. The highest BCUT2D eigenvalue weighted by Crippen LogP contribution is 2.38. The number of aliphatic imine (C=N–C) groups is 1. The molecule has 7 heteroatoms. The van der Waals surface area contributed by atoms with Gasteiger partial charge in [-0.1, -0.05) is 53.5 Å². The molecule has 0 saturated carbocycles. The molecule has 1 heterocycles. The lowest BCUT2D eigenvalue weighted by Gasteiger charge is -2.11. The number of methoxy groups -OCH3 is 2. The van der Waals surface area contributed by atoms with Crippen LogP contribution in [0.1, 0.15) is 11.1 Å². The summed E-state index contributed by atoms with van der Waals surface area (Å²) in [4.78, 5) is 4.56. The Balaban J connectivity index is 1.65. The van der Waals surface area contributed by atoms with Gasteiger partial charge in [-0.25, -0.2) is 0 Å². The molecule has 4 rings (SSSR count). The van der Waals surface area contributed by atoms with E-state index >= 15 is 0 Å². The van der Waals surface area contributed by atoms with Crippen molar-refractivity contribution >= 4 is 40.3 Å². The largest absolute Gasteiger partial charge is 0.494 e. The summed E-state index contributed by atoms with van der Waals surface area (Å²) in [6.07, 6.45) is 2.41. The Hall–Kier alpha value is -3.15. The van der Waals surface area contributed by atoms with Gasteiger partial charge in [0, 0.05) is 18.1 Å². The molecule has 5 nitrogen and oxygen atoms in total. The number of hydrogen-bond donors (Lipinski definition) is 1. The van der Waals surface area contributed by atoms with Gasteiger partial charge in [0.2, 0.25) is 5.88 Å². The monoisotopic (exact) mass is 468 g/mol. The molecule has 0 spiro atoms. The van der Waals surface area contributed by atoms with Crippen molar-refractivity contribution in [3.63, 3.8) is 0 Å². The summed E-state index contributed by atoms with van der Waals surface area (Å²) in [5.74, 6) is 1.41. The number of rotatable bonds is 7. The molecule has 1 aromatic heterocycles. The summed E-state index contributed by atoms with van der Waals surface area (Å²) in [5, 5.41) is 12.8. The SMILES string of the molecule is COc1ccc(CCN=Cc2c(O)n(-c3c(Cl)cccc3Cl)c3ccccc23)cc1OC. The first-order valence-corrected chi connectivity index (χ1v) is 10.8. The third-order valence-electron chi connectivity index (χ3n) is 5.25. The topological polar surface area (TPSA) is 56.0 Å². The van der Waals surface area contributed by atoms with E-state index in [1.807, 2.05) is 42.5 Å². The van der Waals surface area contributed by atoms with E-state index in [2.05, 4.69) is 4.99 Å². The van der Waals surface area contributed by atoms with Crippen LogP contribution >= 0.6 is 23.2 Å². The number of nitrogens with zero attached hydrogens (tertiary/aromatic N) is 2. The van der Waals surface area contributed by atoms with E-state index in [0.29, 0.717) is 45.8 Å². The minimum atomic E-state index is 0.0380. The number of halogens is 2. The lowest BCUT2D eigenvalue weighted by Crippen LogP contribution is -1.96. The lowest BCUT2D eigenvalue weighted by atomic mass is 10.1. The van der Waals surface area contributed by atoms with E-state index in [0.717, 1.165) is 16.5 Å². The average molecular weight is 469 g/mol. The number of hydrogen-bond acceptors (Lipinski definition) is 4. The van der Waals surface area contributed by atoms with Gasteiger partial charge in [-0.3, -0.25) is 9.56 Å². The molecule has 0 aliphatic rings. The second kappa shape index (κ2) is 9.55. The molecular weight excluding hydrogens is 447 g/mol. The van der Waals surface area contributed by atoms with Crippen LogP contribution in [-0.4, -0.2) is 36.7 Å². The molecule has 0 aliphatic carbocycles. The quantitative estimate of drug-likeness (QED) is 0.322. The first-order valence-electron chi connectivity index (χ1n) is 10.0. The van der Waals surface area contributed by atoms with Gasteiger partial charge in [0.1, 0.15) is 0 Å². The Bertz CT molecular complexity index is 1280. The van der Waals surface area contributed by atoms with E-state index < -0.39 is 0 Å². The van der Waals surface area contributed by atoms with E-state index in [-0.39, 0.29) is 5.88 Å². The smallest absolute Gasteiger partial charge is 0.205 e. The Kier molecular flexibility index (Phi) is 6.58. The molecule has 0 fully saturated rings. The van der Waals surface area contributed by atoms with Gasteiger partial charge >= 0.3 is 0 Å². The van der Waals surface area contributed by atoms with Crippen molar-refractivity contribution in [2.75, 3.05) is 20.8 Å². The number of fused-ring (bicyclic) bond motifs is 1. The molecule has 0 atom stereocenters. The number of ether oxygens (including phenoxy) is 2. The number of aromatic nitrogens is 1. The summed E-state index contributed by atoms with van der Waals surface area (Å²) in [6, 6.07) is 18.7. The highest BCUT2D eigenvalue weighted by Gasteiger charge is 2.19. The van der Waals surface area contributed by atoms with E-state index in [1.165, 1.54) is 0 Å². The number of aromatic hydroxyl groups is 1. The number of benzene rings is 3. The van der Waals surface area contributed by atoms with Crippen LogP contribution < -0.4 is 9.47 Å². The third kappa shape index (κ3) is 4.14. The molecule has 0 bridgehead atoms. The maximum atomic E-state index is 11.1. The zero-order valence-corrected chi connectivity index (χ0v) is 19.2. The molecule has 0 unspecified atom stereocenters. The Morgan fingerprint density at radius 2 is 1.66 bits per heavy atom. The molecule has 0 amide bonds. The molecule has 164 valence electrons. The first-order chi connectivity index (χ1) is 15.5. The maximum Gasteiger partial charge on any atom is 0.205 e. The second-order valence-corrected chi connectivity index (χ2v) is 7.95. The summed E-state index contributed by atoms with van der Waals surface area (Å²) < 4.78 is 12.3. The van der Waals surface area contributed by atoms with Gasteiger partial charge < -0.3 is 14.6 Å². The van der Waals surface area contributed by atoms with Crippen LogP contribution in [0.3, 0.4) is 0 Å². The van der Waals surface area contributed by atoms with Crippen LogP contribution in [0.15, 0.2) is 65.7 Å². The fourth-order valence-electron chi connectivity index (χ4n) is 3.69. The van der Waals surface area contributed by atoms with Crippen LogP contribution in [0.4, 0.5) is 0 Å². The van der Waals surface area contributed by atoms with Crippen molar-refractivity contribution < 1.29 is 14.6 Å². The van der Waals surface area contributed by atoms with Gasteiger partial charge in [-0.05, 0) is 42.3 Å². The van der Waals surface area contributed by atoms with Gasteiger partial charge in [-0.15, -0.1) is 0 Å². The molecule has 32 heavy (non-hydrogen) atoms. The fourth-order valence-corrected chi connectivity index (χ4v) is 4.26. The molecule has 1 N–H and O–H groups in total. The third-order valence-corrected chi connectivity index (χ3v) is 5.86. The summed E-state index contributed by atoms with van der Waals surface area (Å²) in [6.45, 7) is 0.543. The van der Waals surface area contributed by atoms with Crippen molar-refractivity contribution in [1.82, 2.24) is 4.57 Å². The van der Waals surface area contributed by atoms with Crippen LogP contribution in [-0.2, 0) is 6.42 Å². The molecule has 3 aromatic carbocycles. The predicted molar refractivity (Wildman–Crippen MR) is 131 cm³/mol. The molecular formula is C25H22Cl2N2O3. The molecule has 0 aliphatic heterocycles. The van der Waals surface area contributed by atoms with E-state index in [9.17, 15) is 5.11 Å². The van der Waals surface area contributed by atoms with Gasteiger partial charge in [0.05, 0.1) is 41.0 Å². The average Bonchev–Trinajstić information content (AvgIpc) is 3.08. The highest BCUT2D eigenvalue weighted by atomic mass is 35.5. The zero-order chi connectivity index (χ0) is 22.7. The van der Waals surface area contributed by atoms with Gasteiger partial charge in [0.15, 0.2) is 11.5 Å². The summed E-state index contributed by atoms with van der Waals surface area (Å²) >= 11 is 12.8. The van der Waals surface area contributed by atoms with Crippen LogP contribution in [0.25, 0.3) is 16.6 Å². The van der Waals surface area contributed by atoms with E-state index in [4.69, 9.17) is 32.7 Å².